The molecule has 1 heterocycles. The molecule has 1 aliphatic rings. The van der Waals surface area contributed by atoms with E-state index < -0.39 is 0 Å². The zero-order valence-electron chi connectivity index (χ0n) is 12.0. The van der Waals surface area contributed by atoms with Crippen molar-refractivity contribution in [3.8, 4) is 17.5 Å². The molecule has 0 bridgehead atoms. The van der Waals surface area contributed by atoms with E-state index in [2.05, 4.69) is 16.2 Å². The number of benzene rings is 1. The van der Waals surface area contributed by atoms with Crippen LogP contribution in [-0.2, 0) is 5.75 Å². The lowest BCUT2D eigenvalue weighted by molar-refractivity contribution is 0.425. The van der Waals surface area contributed by atoms with E-state index in [-0.39, 0.29) is 0 Å². The molecular weight excluding hydrogens is 282 g/mol. The average Bonchev–Trinajstić information content (AvgIpc) is 3.16. The molecule has 0 amide bonds. The standard InChI is InChI=1S/C16H17N3OS/c1-11-8-12(9-17)6-7-14(11)16-18-15(19-20-16)10-21-13-4-2-3-5-13/h6-8,13H,2-5,10H2,1H3. The summed E-state index contributed by atoms with van der Waals surface area (Å²) in [5.74, 6) is 2.11. The molecule has 5 heteroatoms. The molecule has 1 aliphatic carbocycles. The number of aryl methyl sites for hydroxylation is 1. The zero-order valence-corrected chi connectivity index (χ0v) is 12.8. The Hall–Kier alpha value is -1.80. The molecule has 0 aliphatic heterocycles. The maximum absolute atomic E-state index is 8.90. The molecule has 1 aromatic carbocycles. The van der Waals surface area contributed by atoms with Crippen LogP contribution in [-0.4, -0.2) is 15.4 Å². The molecule has 0 spiro atoms. The average molecular weight is 299 g/mol. The summed E-state index contributed by atoms with van der Waals surface area (Å²) in [7, 11) is 0. The van der Waals surface area contributed by atoms with Gasteiger partial charge in [-0.25, -0.2) is 0 Å². The highest BCUT2D eigenvalue weighted by Crippen LogP contribution is 2.31. The summed E-state index contributed by atoms with van der Waals surface area (Å²) in [4.78, 5) is 4.48. The smallest absolute Gasteiger partial charge is 0.258 e. The van der Waals surface area contributed by atoms with Gasteiger partial charge in [0, 0.05) is 10.8 Å². The monoisotopic (exact) mass is 299 g/mol. The zero-order chi connectivity index (χ0) is 14.7. The number of rotatable bonds is 4. The fourth-order valence-electron chi connectivity index (χ4n) is 2.64. The van der Waals surface area contributed by atoms with Crippen LogP contribution in [0.3, 0.4) is 0 Å². The van der Waals surface area contributed by atoms with Crippen LogP contribution in [0.5, 0.6) is 0 Å². The first-order valence-electron chi connectivity index (χ1n) is 7.21. The van der Waals surface area contributed by atoms with Gasteiger partial charge >= 0.3 is 0 Å². The SMILES string of the molecule is Cc1cc(C#N)ccc1-c1nc(CSC2CCCC2)no1. The minimum Gasteiger partial charge on any atom is -0.334 e. The Labute approximate surface area is 128 Å². The normalized spacial score (nSPS) is 15.2. The van der Waals surface area contributed by atoms with E-state index in [1.165, 1.54) is 25.7 Å². The predicted molar refractivity (Wildman–Crippen MR) is 82.7 cm³/mol. The van der Waals surface area contributed by atoms with Crippen LogP contribution in [0.4, 0.5) is 0 Å². The first kappa shape index (κ1) is 14.2. The van der Waals surface area contributed by atoms with Crippen molar-refractivity contribution in [2.75, 3.05) is 0 Å². The van der Waals surface area contributed by atoms with Gasteiger partial charge in [0.05, 0.1) is 17.4 Å². The number of thioether (sulfide) groups is 1. The summed E-state index contributed by atoms with van der Waals surface area (Å²) in [6, 6.07) is 7.62. The molecule has 1 saturated carbocycles. The third kappa shape index (κ3) is 3.27. The second kappa shape index (κ2) is 6.31. The van der Waals surface area contributed by atoms with Crippen molar-refractivity contribution in [3.63, 3.8) is 0 Å². The Bertz CT molecular complexity index is 668. The van der Waals surface area contributed by atoms with E-state index in [4.69, 9.17) is 9.78 Å². The highest BCUT2D eigenvalue weighted by atomic mass is 32.2. The van der Waals surface area contributed by atoms with Crippen molar-refractivity contribution in [1.29, 1.82) is 5.26 Å². The maximum Gasteiger partial charge on any atom is 0.258 e. The topological polar surface area (TPSA) is 62.7 Å². The first-order chi connectivity index (χ1) is 10.3. The largest absolute Gasteiger partial charge is 0.334 e. The van der Waals surface area contributed by atoms with Gasteiger partial charge < -0.3 is 4.52 Å². The summed E-state index contributed by atoms with van der Waals surface area (Å²) in [6.07, 6.45) is 5.31. The predicted octanol–water partition coefficient (Wildman–Crippen LogP) is 4.09. The van der Waals surface area contributed by atoms with Gasteiger partial charge in [-0.3, -0.25) is 0 Å². The number of hydrogen-bond acceptors (Lipinski definition) is 5. The molecular formula is C16H17N3OS. The Morgan fingerprint density at radius 1 is 1.38 bits per heavy atom. The molecule has 0 unspecified atom stereocenters. The van der Waals surface area contributed by atoms with Gasteiger partial charge in [-0.1, -0.05) is 18.0 Å². The lowest BCUT2D eigenvalue weighted by Gasteiger charge is -2.04. The minimum absolute atomic E-state index is 0.541. The second-order valence-corrected chi connectivity index (χ2v) is 6.66. The van der Waals surface area contributed by atoms with Gasteiger partial charge in [0.25, 0.3) is 5.89 Å². The fourth-order valence-corrected chi connectivity index (χ4v) is 3.81. The molecule has 2 aromatic rings. The quantitative estimate of drug-likeness (QED) is 0.850. The first-order valence-corrected chi connectivity index (χ1v) is 8.26. The van der Waals surface area contributed by atoms with Crippen molar-refractivity contribution in [1.82, 2.24) is 10.1 Å². The van der Waals surface area contributed by atoms with E-state index in [1.807, 2.05) is 30.8 Å². The van der Waals surface area contributed by atoms with Crippen LogP contribution in [0.25, 0.3) is 11.5 Å². The van der Waals surface area contributed by atoms with Gasteiger partial charge in [-0.2, -0.15) is 22.0 Å². The number of nitrogens with zero attached hydrogens (tertiary/aromatic N) is 3. The number of nitriles is 1. The Morgan fingerprint density at radius 3 is 2.90 bits per heavy atom. The van der Waals surface area contributed by atoms with Crippen LogP contribution in [0.15, 0.2) is 22.7 Å². The summed E-state index contributed by atoms with van der Waals surface area (Å²) in [6.45, 7) is 1.95. The highest BCUT2D eigenvalue weighted by molar-refractivity contribution is 7.99. The fraction of sp³-hybridized carbons (Fsp3) is 0.438. The van der Waals surface area contributed by atoms with Crippen molar-refractivity contribution in [3.05, 3.63) is 35.2 Å². The van der Waals surface area contributed by atoms with Crippen LogP contribution in [0.2, 0.25) is 0 Å². The molecule has 4 nitrogen and oxygen atoms in total. The Balaban J connectivity index is 1.71. The molecule has 0 atom stereocenters. The second-order valence-electron chi connectivity index (χ2n) is 5.37. The molecule has 1 fully saturated rings. The summed E-state index contributed by atoms with van der Waals surface area (Å²) < 4.78 is 5.36. The number of hydrogen-bond donors (Lipinski definition) is 0. The van der Waals surface area contributed by atoms with Crippen LogP contribution >= 0.6 is 11.8 Å². The maximum atomic E-state index is 8.90. The molecule has 21 heavy (non-hydrogen) atoms. The van der Waals surface area contributed by atoms with Gasteiger partial charge in [0.1, 0.15) is 0 Å². The van der Waals surface area contributed by atoms with E-state index in [1.54, 1.807) is 6.07 Å². The van der Waals surface area contributed by atoms with E-state index in [0.29, 0.717) is 11.5 Å². The Morgan fingerprint density at radius 2 is 2.19 bits per heavy atom. The molecule has 0 N–H and O–H groups in total. The van der Waals surface area contributed by atoms with Gasteiger partial charge in [-0.15, -0.1) is 0 Å². The van der Waals surface area contributed by atoms with Crippen molar-refractivity contribution in [2.45, 2.75) is 43.6 Å². The van der Waals surface area contributed by atoms with Crippen molar-refractivity contribution >= 4 is 11.8 Å². The third-order valence-electron chi connectivity index (χ3n) is 3.80. The molecule has 108 valence electrons. The van der Waals surface area contributed by atoms with E-state index in [0.717, 1.165) is 28.0 Å². The minimum atomic E-state index is 0.541. The van der Waals surface area contributed by atoms with Crippen LogP contribution in [0.1, 0.15) is 42.6 Å². The van der Waals surface area contributed by atoms with Gasteiger partial charge in [0.15, 0.2) is 5.82 Å². The summed E-state index contributed by atoms with van der Waals surface area (Å²) >= 11 is 1.93. The van der Waals surface area contributed by atoms with Crippen molar-refractivity contribution < 1.29 is 4.52 Å². The number of aromatic nitrogens is 2. The highest BCUT2D eigenvalue weighted by Gasteiger charge is 2.17. The summed E-state index contributed by atoms with van der Waals surface area (Å²) in [5.41, 5.74) is 2.53. The van der Waals surface area contributed by atoms with Crippen molar-refractivity contribution in [2.24, 2.45) is 0 Å². The molecule has 3 rings (SSSR count). The van der Waals surface area contributed by atoms with Crippen LogP contribution in [0, 0.1) is 18.3 Å². The van der Waals surface area contributed by atoms with Gasteiger partial charge in [-0.05, 0) is 43.5 Å². The summed E-state index contributed by atoms with van der Waals surface area (Å²) in [5, 5.41) is 13.7. The molecule has 0 radical (unpaired) electrons. The third-order valence-corrected chi connectivity index (χ3v) is 5.17. The molecule has 1 aromatic heterocycles. The Kier molecular flexibility index (Phi) is 4.26. The lowest BCUT2D eigenvalue weighted by Crippen LogP contribution is -1.95. The van der Waals surface area contributed by atoms with E-state index in [9.17, 15) is 0 Å². The lowest BCUT2D eigenvalue weighted by atomic mass is 10.1. The van der Waals surface area contributed by atoms with Gasteiger partial charge in [0.2, 0.25) is 0 Å². The van der Waals surface area contributed by atoms with Crippen LogP contribution < -0.4 is 0 Å². The van der Waals surface area contributed by atoms with E-state index >= 15 is 0 Å². The molecule has 0 saturated heterocycles.